The summed E-state index contributed by atoms with van der Waals surface area (Å²) in [5.41, 5.74) is 1.80. The van der Waals surface area contributed by atoms with Gasteiger partial charge in [-0.3, -0.25) is 4.79 Å². The van der Waals surface area contributed by atoms with Crippen molar-refractivity contribution in [2.45, 2.75) is 6.54 Å². The van der Waals surface area contributed by atoms with Gasteiger partial charge in [0.25, 0.3) is 0 Å². The van der Waals surface area contributed by atoms with Crippen LogP contribution in [0.4, 0.5) is 4.39 Å². The second-order valence-corrected chi connectivity index (χ2v) is 4.88. The van der Waals surface area contributed by atoms with Gasteiger partial charge in [0.2, 0.25) is 0 Å². The Kier molecular flexibility index (Phi) is 3.28. The van der Waals surface area contributed by atoms with Gasteiger partial charge in [0.05, 0.1) is 17.6 Å². The van der Waals surface area contributed by atoms with E-state index in [-0.39, 0.29) is 5.82 Å². The van der Waals surface area contributed by atoms with Crippen molar-refractivity contribution >= 4 is 28.8 Å². The highest BCUT2D eigenvalue weighted by molar-refractivity contribution is 6.34. The molecule has 1 heterocycles. The fraction of sp³-hybridized carbons (Fsp3) is 0.0625. The quantitative estimate of drug-likeness (QED) is 0.659. The zero-order chi connectivity index (χ0) is 14.1. The molecule has 0 fully saturated rings. The molecule has 0 saturated carbocycles. The number of fused-ring (bicyclic) bond motifs is 1. The van der Waals surface area contributed by atoms with Gasteiger partial charge in [0, 0.05) is 10.9 Å². The first-order valence-electron chi connectivity index (χ1n) is 6.17. The summed E-state index contributed by atoms with van der Waals surface area (Å²) < 4.78 is 15.5. The van der Waals surface area contributed by atoms with Crippen LogP contribution in [0.1, 0.15) is 15.9 Å². The van der Waals surface area contributed by atoms with Gasteiger partial charge < -0.3 is 4.57 Å². The van der Waals surface area contributed by atoms with Crippen LogP contribution < -0.4 is 0 Å². The van der Waals surface area contributed by atoms with Gasteiger partial charge >= 0.3 is 0 Å². The van der Waals surface area contributed by atoms with Crippen LogP contribution in [0.25, 0.3) is 10.9 Å². The summed E-state index contributed by atoms with van der Waals surface area (Å²) in [6.45, 7) is 0.292. The van der Waals surface area contributed by atoms with E-state index in [0.717, 1.165) is 17.2 Å². The number of hydrogen-bond acceptors (Lipinski definition) is 1. The van der Waals surface area contributed by atoms with E-state index >= 15 is 0 Å². The van der Waals surface area contributed by atoms with Gasteiger partial charge in [-0.05, 0) is 12.1 Å². The summed E-state index contributed by atoms with van der Waals surface area (Å²) in [6.07, 6.45) is 0.739. The lowest BCUT2D eigenvalue weighted by Gasteiger charge is -2.08. The van der Waals surface area contributed by atoms with Crippen LogP contribution in [0.3, 0.4) is 0 Å². The van der Waals surface area contributed by atoms with Crippen LogP contribution in [0.15, 0.2) is 48.5 Å². The lowest BCUT2D eigenvalue weighted by atomic mass is 10.2. The van der Waals surface area contributed by atoms with Crippen LogP contribution in [-0.4, -0.2) is 10.9 Å². The maximum absolute atomic E-state index is 13.8. The van der Waals surface area contributed by atoms with E-state index in [1.165, 1.54) is 6.07 Å². The smallest absolute Gasteiger partial charge is 0.153 e. The van der Waals surface area contributed by atoms with Crippen molar-refractivity contribution in [2.24, 2.45) is 0 Å². The molecule has 0 amide bonds. The second-order valence-electron chi connectivity index (χ2n) is 4.52. The Bertz CT molecular complexity index is 794. The van der Waals surface area contributed by atoms with Crippen LogP contribution in [0, 0.1) is 5.82 Å². The minimum absolute atomic E-state index is 0.283. The van der Waals surface area contributed by atoms with Crippen LogP contribution in [0.2, 0.25) is 5.15 Å². The third kappa shape index (κ3) is 2.00. The molecule has 0 saturated heterocycles. The molecule has 4 heteroatoms. The monoisotopic (exact) mass is 287 g/mol. The number of aldehydes is 1. The number of carbonyl (C=O) groups is 1. The summed E-state index contributed by atoms with van der Waals surface area (Å²) in [5.74, 6) is -0.283. The number of halogens is 2. The first kappa shape index (κ1) is 12.9. The number of aromatic nitrogens is 1. The summed E-state index contributed by atoms with van der Waals surface area (Å²) in [7, 11) is 0. The summed E-state index contributed by atoms with van der Waals surface area (Å²) >= 11 is 6.26. The van der Waals surface area contributed by atoms with E-state index < -0.39 is 0 Å². The molecular formula is C16H11ClFNO. The topological polar surface area (TPSA) is 22.0 Å². The van der Waals surface area contributed by atoms with Crippen LogP contribution in [-0.2, 0) is 6.54 Å². The van der Waals surface area contributed by atoms with E-state index in [2.05, 4.69) is 0 Å². The molecule has 0 aliphatic rings. The first-order chi connectivity index (χ1) is 9.72. The Morgan fingerprint density at radius 1 is 1.10 bits per heavy atom. The molecule has 0 bridgehead atoms. The zero-order valence-corrected chi connectivity index (χ0v) is 11.3. The van der Waals surface area contributed by atoms with Crippen LogP contribution >= 0.6 is 11.6 Å². The van der Waals surface area contributed by atoms with Crippen molar-refractivity contribution in [3.05, 3.63) is 70.6 Å². The zero-order valence-electron chi connectivity index (χ0n) is 10.5. The predicted octanol–water partition coefficient (Wildman–Crippen LogP) is 4.29. The molecule has 0 atom stereocenters. The first-order valence-corrected chi connectivity index (χ1v) is 6.55. The maximum atomic E-state index is 13.8. The lowest BCUT2D eigenvalue weighted by Crippen LogP contribution is -2.02. The molecule has 1 aromatic heterocycles. The Morgan fingerprint density at radius 3 is 2.55 bits per heavy atom. The lowest BCUT2D eigenvalue weighted by molar-refractivity contribution is 0.112. The highest BCUT2D eigenvalue weighted by Gasteiger charge is 2.15. The van der Waals surface area contributed by atoms with Gasteiger partial charge in [-0.25, -0.2) is 4.39 Å². The molecule has 0 aliphatic carbocycles. The van der Waals surface area contributed by atoms with Crippen molar-refractivity contribution in [1.82, 2.24) is 4.57 Å². The fourth-order valence-corrected chi connectivity index (χ4v) is 2.66. The Labute approximate surface area is 120 Å². The van der Waals surface area contributed by atoms with Crippen molar-refractivity contribution in [3.8, 4) is 0 Å². The van der Waals surface area contributed by atoms with Gasteiger partial charge in [-0.2, -0.15) is 0 Å². The van der Waals surface area contributed by atoms with Crippen LogP contribution in [0.5, 0.6) is 0 Å². The molecule has 3 aromatic rings. The molecule has 100 valence electrons. The van der Waals surface area contributed by atoms with Crippen molar-refractivity contribution in [1.29, 1.82) is 0 Å². The molecule has 0 N–H and O–H groups in total. The maximum Gasteiger partial charge on any atom is 0.153 e. The number of para-hydroxylation sites is 1. The van der Waals surface area contributed by atoms with Gasteiger partial charge in [-0.1, -0.05) is 48.0 Å². The Balaban J connectivity index is 2.19. The van der Waals surface area contributed by atoms with E-state index in [1.54, 1.807) is 22.8 Å². The molecule has 0 unspecified atom stereocenters. The normalized spacial score (nSPS) is 10.9. The van der Waals surface area contributed by atoms with E-state index in [9.17, 15) is 9.18 Å². The number of carbonyl (C=O) groups excluding carboxylic acids is 1. The average molecular weight is 288 g/mol. The number of hydrogen-bond donors (Lipinski definition) is 0. The molecule has 0 radical (unpaired) electrons. The van der Waals surface area contributed by atoms with Crippen molar-refractivity contribution in [3.63, 3.8) is 0 Å². The predicted molar refractivity (Wildman–Crippen MR) is 77.8 cm³/mol. The minimum atomic E-state index is -0.283. The summed E-state index contributed by atoms with van der Waals surface area (Å²) in [5, 5.41) is 1.12. The molecule has 0 aliphatic heterocycles. The molecule has 3 rings (SSSR count). The average Bonchev–Trinajstić information content (AvgIpc) is 2.74. The molecule has 2 aromatic carbocycles. The SMILES string of the molecule is O=Cc1c(Cl)n(Cc2ccccc2F)c2ccccc12. The number of benzene rings is 2. The van der Waals surface area contributed by atoms with Gasteiger partial charge in [0.1, 0.15) is 11.0 Å². The molecule has 2 nitrogen and oxygen atoms in total. The number of rotatable bonds is 3. The molecule has 0 spiro atoms. The molecular weight excluding hydrogens is 277 g/mol. The highest BCUT2D eigenvalue weighted by atomic mass is 35.5. The Hall–Kier alpha value is -2.13. The van der Waals surface area contributed by atoms with Crippen molar-refractivity contribution < 1.29 is 9.18 Å². The van der Waals surface area contributed by atoms with Gasteiger partial charge in [-0.15, -0.1) is 0 Å². The fourth-order valence-electron chi connectivity index (χ4n) is 2.36. The third-order valence-corrected chi connectivity index (χ3v) is 3.76. The van der Waals surface area contributed by atoms with E-state index in [1.807, 2.05) is 24.3 Å². The standard InChI is InChI=1S/C16H11ClFNO/c17-16-13(10-20)12-6-2-4-8-15(12)19(16)9-11-5-1-3-7-14(11)18/h1-8,10H,9H2. The summed E-state index contributed by atoms with van der Waals surface area (Å²) in [4.78, 5) is 11.2. The largest absolute Gasteiger partial charge is 0.326 e. The third-order valence-electron chi connectivity index (χ3n) is 3.35. The summed E-state index contributed by atoms with van der Waals surface area (Å²) in [6, 6.07) is 14.0. The molecule has 20 heavy (non-hydrogen) atoms. The van der Waals surface area contributed by atoms with Crippen molar-refractivity contribution in [2.75, 3.05) is 0 Å². The second kappa shape index (κ2) is 5.10. The number of nitrogens with zero attached hydrogens (tertiary/aromatic N) is 1. The highest BCUT2D eigenvalue weighted by Crippen LogP contribution is 2.29. The minimum Gasteiger partial charge on any atom is -0.326 e. The Morgan fingerprint density at radius 2 is 1.80 bits per heavy atom. The van der Waals surface area contributed by atoms with E-state index in [0.29, 0.717) is 22.8 Å². The van der Waals surface area contributed by atoms with E-state index in [4.69, 9.17) is 11.6 Å². The van der Waals surface area contributed by atoms with Gasteiger partial charge in [0.15, 0.2) is 6.29 Å².